The highest BCUT2D eigenvalue weighted by Gasteiger charge is 2.18. The number of aliphatic carboxylic acids is 1. The minimum atomic E-state index is -1.19. The zero-order chi connectivity index (χ0) is 13.4. The van der Waals surface area contributed by atoms with E-state index in [-0.39, 0.29) is 11.5 Å². The first-order chi connectivity index (χ1) is 7.86. The van der Waals surface area contributed by atoms with Crippen molar-refractivity contribution in [2.75, 3.05) is 0 Å². The topological polar surface area (TPSA) is 118 Å². The second kappa shape index (κ2) is 7.34. The minimum absolute atomic E-state index is 0.109. The SMILES string of the molecule is CC(C)[C@H]([NH3+])C(=O)O.O=C([O-])c1cccnc1. The second-order valence-corrected chi connectivity index (χ2v) is 3.72. The molecule has 0 aromatic carbocycles. The number of rotatable bonds is 3. The van der Waals surface area contributed by atoms with Crippen molar-refractivity contribution in [2.24, 2.45) is 5.92 Å². The highest BCUT2D eigenvalue weighted by molar-refractivity contribution is 5.85. The van der Waals surface area contributed by atoms with Gasteiger partial charge in [0.25, 0.3) is 0 Å². The number of carboxylic acids is 2. The van der Waals surface area contributed by atoms with Gasteiger partial charge in [0.1, 0.15) is 0 Å². The first-order valence-electron chi connectivity index (χ1n) is 5.03. The molecule has 1 rings (SSSR count). The van der Waals surface area contributed by atoms with Gasteiger partial charge in [0.2, 0.25) is 0 Å². The maximum atomic E-state index is 10.1. The third-order valence-corrected chi connectivity index (χ3v) is 2.02. The van der Waals surface area contributed by atoms with Crippen LogP contribution in [0, 0.1) is 5.92 Å². The summed E-state index contributed by atoms with van der Waals surface area (Å²) >= 11 is 0. The third kappa shape index (κ3) is 6.26. The molecule has 0 bridgehead atoms. The fourth-order valence-electron chi connectivity index (χ4n) is 0.769. The predicted molar refractivity (Wildman–Crippen MR) is 57.7 cm³/mol. The van der Waals surface area contributed by atoms with Crippen molar-refractivity contribution in [1.29, 1.82) is 0 Å². The van der Waals surface area contributed by atoms with Crippen LogP contribution in [-0.4, -0.2) is 28.1 Å². The van der Waals surface area contributed by atoms with E-state index in [0.29, 0.717) is 0 Å². The van der Waals surface area contributed by atoms with E-state index >= 15 is 0 Å². The summed E-state index contributed by atoms with van der Waals surface area (Å²) in [6.07, 6.45) is 2.75. The average Bonchev–Trinajstić information content (AvgIpc) is 2.29. The van der Waals surface area contributed by atoms with E-state index in [1.807, 2.05) is 13.8 Å². The first kappa shape index (κ1) is 15.0. The van der Waals surface area contributed by atoms with Crippen LogP contribution in [0.5, 0.6) is 0 Å². The normalized spacial score (nSPS) is 11.3. The van der Waals surface area contributed by atoms with E-state index in [9.17, 15) is 14.7 Å². The molecule has 6 heteroatoms. The number of aromatic carboxylic acids is 1. The summed E-state index contributed by atoms with van der Waals surface area (Å²) in [7, 11) is 0. The first-order valence-corrected chi connectivity index (χ1v) is 5.03. The van der Waals surface area contributed by atoms with Gasteiger partial charge in [-0.15, -0.1) is 0 Å². The van der Waals surface area contributed by atoms with Crippen molar-refractivity contribution >= 4 is 11.9 Å². The molecule has 1 atom stereocenters. The number of carboxylic acid groups (broad SMARTS) is 2. The Bertz CT molecular complexity index is 365. The fourth-order valence-corrected chi connectivity index (χ4v) is 0.769. The van der Waals surface area contributed by atoms with Crippen LogP contribution in [0.1, 0.15) is 24.2 Å². The maximum absolute atomic E-state index is 10.1. The predicted octanol–water partition coefficient (Wildman–Crippen LogP) is -1.22. The number of hydrogen-bond donors (Lipinski definition) is 2. The van der Waals surface area contributed by atoms with Crippen LogP contribution in [0.4, 0.5) is 0 Å². The van der Waals surface area contributed by atoms with Gasteiger partial charge in [0, 0.05) is 23.9 Å². The molecule has 0 aliphatic rings. The van der Waals surface area contributed by atoms with E-state index in [4.69, 9.17) is 5.11 Å². The summed E-state index contributed by atoms with van der Waals surface area (Å²) in [5.74, 6) is -1.88. The zero-order valence-electron chi connectivity index (χ0n) is 9.79. The molecule has 94 valence electrons. The van der Waals surface area contributed by atoms with Gasteiger partial charge in [-0.1, -0.05) is 19.9 Å². The number of nitrogens with zero attached hydrogens (tertiary/aromatic N) is 1. The molecule has 17 heavy (non-hydrogen) atoms. The Labute approximate surface area is 99.1 Å². The molecule has 0 aliphatic carbocycles. The Morgan fingerprint density at radius 3 is 2.24 bits per heavy atom. The summed E-state index contributed by atoms with van der Waals surface area (Å²) in [4.78, 5) is 23.7. The van der Waals surface area contributed by atoms with Gasteiger partial charge in [0.15, 0.2) is 6.04 Å². The van der Waals surface area contributed by atoms with Gasteiger partial charge in [-0.2, -0.15) is 0 Å². The van der Waals surface area contributed by atoms with E-state index in [1.54, 1.807) is 6.07 Å². The number of carbonyl (C=O) groups excluding carboxylic acids is 1. The van der Waals surface area contributed by atoms with Crippen LogP contribution < -0.4 is 10.8 Å². The Hall–Kier alpha value is -1.95. The summed E-state index contributed by atoms with van der Waals surface area (Å²) in [5.41, 5.74) is 3.55. The van der Waals surface area contributed by atoms with Crippen molar-refractivity contribution < 1.29 is 25.5 Å². The standard InChI is InChI=1S/C6H5NO2.C5H11NO2/c8-6(9)5-2-1-3-7-4-5;1-3(2)4(6)5(7)8/h1-4H,(H,8,9);3-4H,6H2,1-2H3,(H,7,8)/t;4-/m.0/s1. The molecule has 0 fully saturated rings. The number of carbonyl (C=O) groups is 2. The van der Waals surface area contributed by atoms with Gasteiger partial charge in [-0.3, -0.25) is 4.98 Å². The van der Waals surface area contributed by atoms with Crippen molar-refractivity contribution in [3.63, 3.8) is 0 Å². The summed E-state index contributed by atoms with van der Waals surface area (Å²) in [6.45, 7) is 3.68. The van der Waals surface area contributed by atoms with E-state index < -0.39 is 18.0 Å². The lowest BCUT2D eigenvalue weighted by Gasteiger charge is -2.04. The molecule has 1 aromatic rings. The fraction of sp³-hybridized carbons (Fsp3) is 0.364. The molecular formula is C11H16N2O4. The molecule has 0 saturated heterocycles. The van der Waals surface area contributed by atoms with Crippen LogP contribution in [0.3, 0.4) is 0 Å². The van der Waals surface area contributed by atoms with E-state index in [1.165, 1.54) is 18.5 Å². The molecule has 0 radical (unpaired) electrons. The van der Waals surface area contributed by atoms with Gasteiger partial charge in [-0.05, 0) is 6.07 Å². The van der Waals surface area contributed by atoms with Crippen molar-refractivity contribution in [1.82, 2.24) is 4.98 Å². The third-order valence-electron chi connectivity index (χ3n) is 2.02. The van der Waals surface area contributed by atoms with Gasteiger partial charge < -0.3 is 20.7 Å². The maximum Gasteiger partial charge on any atom is 0.362 e. The Kier molecular flexibility index (Phi) is 6.50. The molecule has 0 unspecified atom stereocenters. The molecule has 0 spiro atoms. The quantitative estimate of drug-likeness (QED) is 0.686. The van der Waals surface area contributed by atoms with Crippen LogP contribution in [0.2, 0.25) is 0 Å². The number of aromatic nitrogens is 1. The van der Waals surface area contributed by atoms with Gasteiger partial charge in [-0.25, -0.2) is 4.79 Å². The highest BCUT2D eigenvalue weighted by Crippen LogP contribution is 1.94. The molecule has 1 aromatic heterocycles. The second-order valence-electron chi connectivity index (χ2n) is 3.72. The van der Waals surface area contributed by atoms with E-state index in [2.05, 4.69) is 10.7 Å². The molecule has 6 nitrogen and oxygen atoms in total. The number of quaternary nitrogens is 1. The lowest BCUT2D eigenvalue weighted by atomic mass is 10.1. The minimum Gasteiger partial charge on any atom is -0.545 e. The smallest absolute Gasteiger partial charge is 0.362 e. The Balaban J connectivity index is 0.000000304. The number of hydrogen-bond acceptors (Lipinski definition) is 4. The molecular weight excluding hydrogens is 224 g/mol. The van der Waals surface area contributed by atoms with Crippen LogP contribution in [0.15, 0.2) is 24.5 Å². The number of pyridine rings is 1. The average molecular weight is 240 g/mol. The molecule has 0 amide bonds. The zero-order valence-corrected chi connectivity index (χ0v) is 9.79. The van der Waals surface area contributed by atoms with Crippen molar-refractivity contribution in [3.05, 3.63) is 30.1 Å². The lowest BCUT2D eigenvalue weighted by Crippen LogP contribution is -2.67. The van der Waals surface area contributed by atoms with Crippen LogP contribution in [-0.2, 0) is 4.79 Å². The summed E-state index contributed by atoms with van der Waals surface area (Å²) < 4.78 is 0. The van der Waals surface area contributed by atoms with Crippen LogP contribution in [0.25, 0.3) is 0 Å². The van der Waals surface area contributed by atoms with E-state index in [0.717, 1.165) is 0 Å². The van der Waals surface area contributed by atoms with Crippen molar-refractivity contribution in [3.8, 4) is 0 Å². The monoisotopic (exact) mass is 240 g/mol. The van der Waals surface area contributed by atoms with Gasteiger partial charge in [0.05, 0.1) is 5.97 Å². The lowest BCUT2D eigenvalue weighted by molar-refractivity contribution is -0.417. The Morgan fingerprint density at radius 2 is 2.06 bits per heavy atom. The summed E-state index contributed by atoms with van der Waals surface area (Å²) in [5, 5.41) is 18.3. The van der Waals surface area contributed by atoms with Crippen LogP contribution >= 0.6 is 0 Å². The molecule has 0 aliphatic heterocycles. The largest absolute Gasteiger partial charge is 0.545 e. The molecule has 4 N–H and O–H groups in total. The molecule has 1 heterocycles. The highest BCUT2D eigenvalue weighted by atomic mass is 16.4. The molecule has 0 saturated carbocycles. The summed E-state index contributed by atoms with van der Waals surface area (Å²) in [6, 6.07) is 2.52. The Morgan fingerprint density at radius 1 is 1.47 bits per heavy atom. The van der Waals surface area contributed by atoms with Crippen molar-refractivity contribution in [2.45, 2.75) is 19.9 Å². The van der Waals surface area contributed by atoms with Gasteiger partial charge >= 0.3 is 5.97 Å².